The van der Waals surface area contributed by atoms with Gasteiger partial charge in [0.1, 0.15) is 5.54 Å². The van der Waals surface area contributed by atoms with Crippen LogP contribution in [-0.4, -0.2) is 36.6 Å². The summed E-state index contributed by atoms with van der Waals surface area (Å²) in [5.41, 5.74) is -2.04. The summed E-state index contributed by atoms with van der Waals surface area (Å²) < 4.78 is 29.2. The molecule has 2 atom stereocenters. The average molecular weight is 481 g/mol. The number of nitrogens with zero attached hydrogens (tertiary/aromatic N) is 2. The average Bonchev–Trinajstić information content (AvgIpc) is 3.00. The minimum Gasteiger partial charge on any atom is -0.358 e. The Balaban J connectivity index is 2.01. The van der Waals surface area contributed by atoms with Crippen LogP contribution in [0.2, 0.25) is 0 Å². The van der Waals surface area contributed by atoms with Crippen molar-refractivity contribution in [3.05, 3.63) is 59.7 Å². The number of sulfonamides is 1. The molecule has 7 heteroatoms. The number of hydrogen-bond acceptors (Lipinski definition) is 4. The summed E-state index contributed by atoms with van der Waals surface area (Å²) in [7, 11) is -4.21. The lowest BCUT2D eigenvalue weighted by Gasteiger charge is -2.55. The van der Waals surface area contributed by atoms with Crippen LogP contribution >= 0.6 is 0 Å². The van der Waals surface area contributed by atoms with Crippen LogP contribution in [0.25, 0.3) is 0 Å². The van der Waals surface area contributed by atoms with Crippen LogP contribution in [0.4, 0.5) is 5.69 Å². The molecule has 0 bridgehead atoms. The van der Waals surface area contributed by atoms with Gasteiger partial charge in [-0.15, -0.1) is 0 Å². The molecule has 2 unspecified atom stereocenters. The molecule has 4 rings (SSSR count). The van der Waals surface area contributed by atoms with Crippen molar-refractivity contribution in [2.75, 3.05) is 10.8 Å². The number of β-lactam (4-membered cyclic amide) rings is 1. The van der Waals surface area contributed by atoms with E-state index >= 15 is 0 Å². The first-order valence-electron chi connectivity index (χ1n) is 11.7. The summed E-state index contributed by atoms with van der Waals surface area (Å²) in [6, 6.07) is 13.6. The van der Waals surface area contributed by atoms with Crippen LogP contribution in [0.3, 0.4) is 0 Å². The molecule has 1 spiro atoms. The molecule has 2 aliphatic rings. The molecule has 2 aromatic carbocycles. The fourth-order valence-electron chi connectivity index (χ4n) is 4.79. The highest BCUT2D eigenvalue weighted by Gasteiger charge is 2.73. The molecule has 1 saturated heterocycles. The molecule has 0 aromatic heterocycles. The maximum atomic E-state index is 14.1. The third-order valence-electron chi connectivity index (χ3n) is 6.51. The van der Waals surface area contributed by atoms with Gasteiger partial charge in [0.2, 0.25) is 11.6 Å². The Labute approximate surface area is 202 Å². The van der Waals surface area contributed by atoms with Gasteiger partial charge in [0.25, 0.3) is 10.0 Å². The number of likely N-dealkylation sites (tertiary alicyclic amines) is 1. The van der Waals surface area contributed by atoms with Crippen LogP contribution < -0.4 is 4.31 Å². The highest BCUT2D eigenvalue weighted by atomic mass is 32.2. The largest absolute Gasteiger partial charge is 0.358 e. The van der Waals surface area contributed by atoms with E-state index in [0.29, 0.717) is 17.8 Å². The van der Waals surface area contributed by atoms with Crippen molar-refractivity contribution in [1.82, 2.24) is 4.90 Å². The zero-order valence-electron chi connectivity index (χ0n) is 20.4. The fraction of sp³-hybridized carbons (Fsp3) is 0.444. The van der Waals surface area contributed by atoms with Crippen LogP contribution in [0.1, 0.15) is 58.1 Å². The molecule has 1 amide bonds. The molecule has 1 fully saturated rings. The molecule has 2 heterocycles. The topological polar surface area (TPSA) is 77.9 Å². The Kier molecular flexibility index (Phi) is 5.82. The normalized spacial score (nSPS) is 24.0. The minimum atomic E-state index is -4.21. The fourth-order valence-corrected chi connectivity index (χ4v) is 6.45. The highest BCUT2D eigenvalue weighted by molar-refractivity contribution is 7.93. The summed E-state index contributed by atoms with van der Waals surface area (Å²) in [5.74, 6) is 5.92. The van der Waals surface area contributed by atoms with Crippen molar-refractivity contribution in [3.8, 4) is 11.8 Å². The number of para-hydroxylation sites is 1. The molecule has 0 saturated carbocycles. The van der Waals surface area contributed by atoms with E-state index in [9.17, 15) is 18.3 Å². The quantitative estimate of drug-likeness (QED) is 0.515. The summed E-state index contributed by atoms with van der Waals surface area (Å²) in [6.07, 6.45) is 1.59. The summed E-state index contributed by atoms with van der Waals surface area (Å²) in [6.45, 7) is 10.0. The number of rotatable bonds is 5. The van der Waals surface area contributed by atoms with Crippen LogP contribution in [0.5, 0.6) is 0 Å². The Morgan fingerprint density at radius 2 is 1.74 bits per heavy atom. The zero-order chi connectivity index (χ0) is 24.9. The molecule has 180 valence electrons. The summed E-state index contributed by atoms with van der Waals surface area (Å²) in [4.78, 5) is 14.5. The molecule has 0 aliphatic carbocycles. The minimum absolute atomic E-state index is 0.0109. The highest BCUT2D eigenvalue weighted by Crippen LogP contribution is 2.60. The lowest BCUT2D eigenvalue weighted by Crippen LogP contribution is -2.73. The second kappa shape index (κ2) is 8.14. The number of fused-ring (bicyclic) bond motifs is 2. The van der Waals surface area contributed by atoms with Gasteiger partial charge in [0.15, 0.2) is 0 Å². The van der Waals surface area contributed by atoms with Crippen molar-refractivity contribution in [2.45, 2.75) is 70.0 Å². The van der Waals surface area contributed by atoms with E-state index in [2.05, 4.69) is 11.8 Å². The smallest absolute Gasteiger partial charge is 0.267 e. The predicted molar refractivity (Wildman–Crippen MR) is 132 cm³/mol. The number of hydrogen-bond donors (Lipinski definition) is 1. The van der Waals surface area contributed by atoms with E-state index in [4.69, 9.17) is 0 Å². The van der Waals surface area contributed by atoms with Gasteiger partial charge >= 0.3 is 0 Å². The van der Waals surface area contributed by atoms with E-state index in [1.807, 2.05) is 34.6 Å². The second-order valence-corrected chi connectivity index (χ2v) is 12.0. The van der Waals surface area contributed by atoms with Gasteiger partial charge in [-0.25, -0.2) is 12.7 Å². The van der Waals surface area contributed by atoms with Crippen LogP contribution in [0.15, 0.2) is 53.4 Å². The number of amides is 1. The molecule has 1 N–H and O–H groups in total. The van der Waals surface area contributed by atoms with Gasteiger partial charge in [-0.1, -0.05) is 55.2 Å². The SMILES string of the molecule is CCCCN1C(=O)CC12c1ccccc1N(S(=O)(=O)c1ccc(C)cc1)C2(O)C#CC(C)(C)C. The molecule has 6 nitrogen and oxygen atoms in total. The molecular weight excluding hydrogens is 448 g/mol. The Morgan fingerprint density at radius 3 is 2.32 bits per heavy atom. The Morgan fingerprint density at radius 1 is 1.09 bits per heavy atom. The first-order chi connectivity index (χ1) is 15.9. The van der Waals surface area contributed by atoms with Crippen LogP contribution in [0, 0.1) is 24.2 Å². The van der Waals surface area contributed by atoms with Crippen LogP contribution in [-0.2, 0) is 20.4 Å². The van der Waals surface area contributed by atoms with Crippen molar-refractivity contribution in [3.63, 3.8) is 0 Å². The Bertz CT molecular complexity index is 1280. The third kappa shape index (κ3) is 3.52. The van der Waals surface area contributed by atoms with E-state index in [-0.39, 0.29) is 17.2 Å². The standard InChI is InChI=1S/C27H32N2O4S/c1-6-7-18-28-24(30)19-26(28)22-10-8-9-11-23(22)29(27(26,31)17-16-25(3,4)5)34(32,33)21-14-12-20(2)13-15-21/h8-15,31H,6-7,18-19H2,1-5H3. The molecule has 0 radical (unpaired) electrons. The lowest BCUT2D eigenvalue weighted by molar-refractivity contribution is -0.178. The lowest BCUT2D eigenvalue weighted by atomic mass is 9.71. The molecule has 2 aromatic rings. The molecule has 2 aliphatic heterocycles. The maximum Gasteiger partial charge on any atom is 0.267 e. The van der Waals surface area contributed by atoms with Crippen molar-refractivity contribution < 1.29 is 18.3 Å². The number of unbranched alkanes of at least 4 members (excludes halogenated alkanes) is 1. The van der Waals surface area contributed by atoms with Gasteiger partial charge in [-0.2, -0.15) is 0 Å². The van der Waals surface area contributed by atoms with E-state index < -0.39 is 26.7 Å². The zero-order valence-corrected chi connectivity index (χ0v) is 21.2. The summed E-state index contributed by atoms with van der Waals surface area (Å²) in [5, 5.41) is 12.4. The van der Waals surface area contributed by atoms with E-state index in [1.165, 1.54) is 12.1 Å². The Hall–Kier alpha value is -2.82. The number of benzene rings is 2. The number of aryl methyl sites for hydroxylation is 1. The molecule has 34 heavy (non-hydrogen) atoms. The predicted octanol–water partition coefficient (Wildman–Crippen LogP) is 4.17. The van der Waals surface area contributed by atoms with Crippen molar-refractivity contribution in [1.29, 1.82) is 0 Å². The number of carbonyl (C=O) groups excluding carboxylic acids is 1. The van der Waals surface area contributed by atoms with Gasteiger partial charge < -0.3 is 10.0 Å². The van der Waals surface area contributed by atoms with E-state index in [0.717, 1.165) is 22.7 Å². The first kappa shape index (κ1) is 24.3. The van der Waals surface area contributed by atoms with Gasteiger partial charge in [-0.3, -0.25) is 4.79 Å². The van der Waals surface area contributed by atoms with Gasteiger partial charge in [0, 0.05) is 17.5 Å². The van der Waals surface area contributed by atoms with E-state index in [1.54, 1.807) is 41.3 Å². The monoisotopic (exact) mass is 480 g/mol. The number of carbonyl (C=O) groups is 1. The first-order valence-corrected chi connectivity index (χ1v) is 13.1. The second-order valence-electron chi connectivity index (χ2n) is 10.2. The summed E-state index contributed by atoms with van der Waals surface area (Å²) >= 11 is 0. The van der Waals surface area contributed by atoms with Crippen molar-refractivity contribution >= 4 is 21.6 Å². The van der Waals surface area contributed by atoms with Crippen molar-refractivity contribution in [2.24, 2.45) is 5.41 Å². The number of anilines is 1. The van der Waals surface area contributed by atoms with Gasteiger partial charge in [-0.05, 0) is 58.2 Å². The molecular formula is C27H32N2O4S. The van der Waals surface area contributed by atoms with Gasteiger partial charge in [0.05, 0.1) is 17.0 Å². The maximum absolute atomic E-state index is 14.1. The number of aliphatic hydroxyl groups is 1. The third-order valence-corrected chi connectivity index (χ3v) is 8.32.